The Balaban J connectivity index is 2.58. The van der Waals surface area contributed by atoms with Crippen LogP contribution in [0.4, 0.5) is 0 Å². The number of carbonyl (C=O) groups is 1. The van der Waals surface area contributed by atoms with E-state index in [0.717, 1.165) is 17.2 Å². The summed E-state index contributed by atoms with van der Waals surface area (Å²) in [6.45, 7) is 15.9. The fourth-order valence-corrected chi connectivity index (χ4v) is 3.00. The van der Waals surface area contributed by atoms with Gasteiger partial charge in [-0.25, -0.2) is 4.98 Å². The summed E-state index contributed by atoms with van der Waals surface area (Å²) in [4.78, 5) is 17.6. The van der Waals surface area contributed by atoms with Crippen LogP contribution in [-0.4, -0.2) is 24.0 Å². The van der Waals surface area contributed by atoms with Crippen LogP contribution >= 0.6 is 11.3 Å². The molecule has 5 heteroatoms. The number of aryl methyl sites for hydroxylation is 1. The number of thiazole rings is 1. The van der Waals surface area contributed by atoms with E-state index in [1.807, 2.05) is 6.92 Å². The molecule has 4 nitrogen and oxygen atoms in total. The van der Waals surface area contributed by atoms with Gasteiger partial charge in [0.05, 0.1) is 17.2 Å². The first kappa shape index (κ1) is 18.1. The zero-order chi connectivity index (χ0) is 16.2. The molecule has 1 unspecified atom stereocenters. The summed E-state index contributed by atoms with van der Waals surface area (Å²) in [5.74, 6) is 0.526. The van der Waals surface area contributed by atoms with Gasteiger partial charge < -0.3 is 10.6 Å². The summed E-state index contributed by atoms with van der Waals surface area (Å²) in [6.07, 6.45) is 0. The number of rotatable bonds is 6. The summed E-state index contributed by atoms with van der Waals surface area (Å²) < 4.78 is 0. The first-order valence-corrected chi connectivity index (χ1v) is 8.40. The first-order valence-electron chi connectivity index (χ1n) is 7.59. The molecule has 0 aromatic carbocycles. The van der Waals surface area contributed by atoms with Gasteiger partial charge in [0.15, 0.2) is 0 Å². The highest BCUT2D eigenvalue weighted by Crippen LogP contribution is 2.32. The highest BCUT2D eigenvalue weighted by molar-refractivity contribution is 7.12. The Hall–Kier alpha value is -0.940. The first-order chi connectivity index (χ1) is 9.61. The third kappa shape index (κ3) is 5.75. The maximum Gasteiger partial charge on any atom is 0.233 e. The van der Waals surface area contributed by atoms with Gasteiger partial charge in [0, 0.05) is 22.9 Å². The smallest absolute Gasteiger partial charge is 0.233 e. The summed E-state index contributed by atoms with van der Waals surface area (Å²) in [7, 11) is 0. The average Bonchev–Trinajstić information content (AvgIpc) is 2.75. The van der Waals surface area contributed by atoms with Crippen LogP contribution < -0.4 is 10.6 Å². The Morgan fingerprint density at radius 1 is 1.29 bits per heavy atom. The van der Waals surface area contributed by atoms with Crippen LogP contribution in [0.5, 0.6) is 0 Å². The zero-order valence-corrected chi connectivity index (χ0v) is 15.1. The largest absolute Gasteiger partial charge is 0.355 e. The molecule has 0 saturated heterocycles. The number of hydrogen-bond donors (Lipinski definition) is 2. The summed E-state index contributed by atoms with van der Waals surface area (Å²) in [5, 5.41) is 7.35. The van der Waals surface area contributed by atoms with E-state index >= 15 is 0 Å². The number of aromatic nitrogens is 1. The molecule has 1 aromatic heterocycles. The van der Waals surface area contributed by atoms with Gasteiger partial charge >= 0.3 is 0 Å². The zero-order valence-electron chi connectivity index (χ0n) is 14.3. The Morgan fingerprint density at radius 3 is 2.38 bits per heavy atom. The van der Waals surface area contributed by atoms with Gasteiger partial charge in [-0.15, -0.1) is 11.3 Å². The molecule has 0 radical (unpaired) electrons. The van der Waals surface area contributed by atoms with Crippen molar-refractivity contribution in [3.8, 4) is 0 Å². The van der Waals surface area contributed by atoms with E-state index in [1.165, 1.54) is 4.88 Å². The molecule has 1 atom stereocenters. The lowest BCUT2D eigenvalue weighted by Crippen LogP contribution is -2.36. The highest BCUT2D eigenvalue weighted by atomic mass is 32.1. The van der Waals surface area contributed by atoms with Crippen molar-refractivity contribution in [1.29, 1.82) is 0 Å². The Kier molecular flexibility index (Phi) is 6.35. The molecule has 1 aromatic rings. The Labute approximate surface area is 132 Å². The molecule has 0 aliphatic carbocycles. The number of carbonyl (C=O) groups excluding carboxylic acids is 1. The number of amides is 1. The molecule has 21 heavy (non-hydrogen) atoms. The van der Waals surface area contributed by atoms with Gasteiger partial charge in [-0.1, -0.05) is 34.6 Å². The molecule has 2 N–H and O–H groups in total. The van der Waals surface area contributed by atoms with Crippen molar-refractivity contribution in [3.63, 3.8) is 0 Å². The van der Waals surface area contributed by atoms with Crippen LogP contribution in [0.3, 0.4) is 0 Å². The number of hydrogen-bond acceptors (Lipinski definition) is 4. The van der Waals surface area contributed by atoms with Crippen molar-refractivity contribution in [3.05, 3.63) is 15.6 Å². The second-order valence-corrected chi connectivity index (χ2v) is 8.05. The molecule has 0 saturated carbocycles. The predicted molar refractivity (Wildman–Crippen MR) is 89.8 cm³/mol. The normalized spacial score (nSPS) is 13.5. The van der Waals surface area contributed by atoms with E-state index < -0.39 is 0 Å². The average molecular weight is 311 g/mol. The molecule has 0 aliphatic rings. The van der Waals surface area contributed by atoms with Crippen LogP contribution in [-0.2, 0) is 10.2 Å². The molecule has 0 bridgehead atoms. The van der Waals surface area contributed by atoms with Crippen molar-refractivity contribution < 1.29 is 4.79 Å². The Bertz CT molecular complexity index is 474. The van der Waals surface area contributed by atoms with E-state index in [-0.39, 0.29) is 17.4 Å². The van der Waals surface area contributed by atoms with Gasteiger partial charge in [0.1, 0.15) is 0 Å². The van der Waals surface area contributed by atoms with Crippen LogP contribution in [0.15, 0.2) is 0 Å². The lowest BCUT2D eigenvalue weighted by atomic mass is 9.98. The third-order valence-electron chi connectivity index (χ3n) is 3.14. The van der Waals surface area contributed by atoms with Crippen LogP contribution in [0.2, 0.25) is 0 Å². The van der Waals surface area contributed by atoms with Crippen molar-refractivity contribution in [1.82, 2.24) is 15.6 Å². The van der Waals surface area contributed by atoms with Gasteiger partial charge in [0.2, 0.25) is 5.91 Å². The minimum absolute atomic E-state index is 0.0498. The van der Waals surface area contributed by atoms with Gasteiger partial charge in [0.25, 0.3) is 0 Å². The monoisotopic (exact) mass is 311 g/mol. The molecule has 0 fully saturated rings. The maximum atomic E-state index is 11.7. The van der Waals surface area contributed by atoms with Gasteiger partial charge in [-0.05, 0) is 19.8 Å². The SMILES string of the molecule is Cc1nc(C(C)(C)C)sc1C(C)NCC(=O)NCC(C)C. The van der Waals surface area contributed by atoms with Crippen molar-refractivity contribution in [2.75, 3.05) is 13.1 Å². The maximum absolute atomic E-state index is 11.7. The lowest BCUT2D eigenvalue weighted by molar-refractivity contribution is -0.120. The summed E-state index contributed by atoms with van der Waals surface area (Å²) in [6, 6.07) is 0.142. The number of nitrogens with one attached hydrogen (secondary N) is 2. The predicted octanol–water partition coefficient (Wildman–Crippen LogP) is 3.17. The van der Waals surface area contributed by atoms with Crippen LogP contribution in [0.1, 0.15) is 63.2 Å². The highest BCUT2D eigenvalue weighted by Gasteiger charge is 2.22. The van der Waals surface area contributed by atoms with E-state index in [2.05, 4.69) is 57.2 Å². The summed E-state index contributed by atoms with van der Waals surface area (Å²) >= 11 is 1.74. The molecule has 0 spiro atoms. The third-order valence-corrected chi connectivity index (χ3v) is 4.91. The molecule has 1 amide bonds. The second-order valence-electron chi connectivity index (χ2n) is 7.02. The van der Waals surface area contributed by atoms with Gasteiger partial charge in [-0.2, -0.15) is 0 Å². The molecular formula is C16H29N3OS. The minimum Gasteiger partial charge on any atom is -0.355 e. The molecule has 0 aliphatic heterocycles. The van der Waals surface area contributed by atoms with Gasteiger partial charge in [-0.3, -0.25) is 4.79 Å². The molecule has 120 valence electrons. The van der Waals surface area contributed by atoms with Crippen LogP contribution in [0.25, 0.3) is 0 Å². The molecule has 1 rings (SSSR count). The standard InChI is InChI=1S/C16H29N3OS/c1-10(2)8-18-13(20)9-17-11(3)14-12(4)19-15(21-14)16(5,6)7/h10-11,17H,8-9H2,1-7H3,(H,18,20). The summed E-state index contributed by atoms with van der Waals surface area (Å²) in [5.41, 5.74) is 1.13. The topological polar surface area (TPSA) is 54.0 Å². The van der Waals surface area contributed by atoms with E-state index in [1.54, 1.807) is 11.3 Å². The lowest BCUT2D eigenvalue weighted by Gasteiger charge is -2.15. The quantitative estimate of drug-likeness (QED) is 0.848. The van der Waals surface area contributed by atoms with E-state index in [4.69, 9.17) is 0 Å². The van der Waals surface area contributed by atoms with Crippen molar-refractivity contribution in [2.24, 2.45) is 5.92 Å². The number of nitrogens with zero attached hydrogens (tertiary/aromatic N) is 1. The van der Waals surface area contributed by atoms with Crippen molar-refractivity contribution in [2.45, 2.75) is 59.9 Å². The van der Waals surface area contributed by atoms with Crippen LogP contribution in [0, 0.1) is 12.8 Å². The molecule has 1 heterocycles. The fraction of sp³-hybridized carbons (Fsp3) is 0.750. The minimum atomic E-state index is 0.0498. The second kappa shape index (κ2) is 7.36. The Morgan fingerprint density at radius 2 is 1.90 bits per heavy atom. The van der Waals surface area contributed by atoms with E-state index in [0.29, 0.717) is 12.5 Å². The van der Waals surface area contributed by atoms with E-state index in [9.17, 15) is 4.79 Å². The molecular weight excluding hydrogens is 282 g/mol. The van der Waals surface area contributed by atoms with Crippen molar-refractivity contribution >= 4 is 17.2 Å². The fourth-order valence-electron chi connectivity index (χ4n) is 1.85.